The van der Waals surface area contributed by atoms with Crippen molar-refractivity contribution in [1.82, 2.24) is 0 Å². The summed E-state index contributed by atoms with van der Waals surface area (Å²) in [5.74, 6) is 1.47. The first kappa shape index (κ1) is 13.8. The lowest BCUT2D eigenvalue weighted by Crippen LogP contribution is -2.02. The SMILES string of the molecule is CCCCCOc1cc(OC)ccc1[C@@H](C)O. The minimum absolute atomic E-state index is 0.526. The number of ether oxygens (including phenoxy) is 2. The van der Waals surface area contributed by atoms with E-state index in [9.17, 15) is 5.11 Å². The highest BCUT2D eigenvalue weighted by molar-refractivity contribution is 5.41. The van der Waals surface area contributed by atoms with Gasteiger partial charge in [0.25, 0.3) is 0 Å². The van der Waals surface area contributed by atoms with Crippen molar-refractivity contribution in [1.29, 1.82) is 0 Å². The van der Waals surface area contributed by atoms with Crippen LogP contribution >= 0.6 is 0 Å². The molecule has 1 rings (SSSR count). The molecule has 0 aliphatic carbocycles. The van der Waals surface area contributed by atoms with Crippen LogP contribution in [-0.2, 0) is 0 Å². The summed E-state index contributed by atoms with van der Waals surface area (Å²) in [6.45, 7) is 4.58. The average molecular weight is 238 g/mol. The van der Waals surface area contributed by atoms with Gasteiger partial charge in [0.1, 0.15) is 11.5 Å². The zero-order valence-electron chi connectivity index (χ0n) is 10.9. The molecule has 0 aromatic heterocycles. The molecule has 0 unspecified atom stereocenters. The number of unbranched alkanes of at least 4 members (excludes halogenated alkanes) is 2. The highest BCUT2D eigenvalue weighted by Crippen LogP contribution is 2.29. The van der Waals surface area contributed by atoms with Crippen molar-refractivity contribution >= 4 is 0 Å². The fourth-order valence-corrected chi connectivity index (χ4v) is 1.65. The summed E-state index contributed by atoms with van der Waals surface area (Å²) in [6, 6.07) is 5.51. The van der Waals surface area contributed by atoms with Crippen LogP contribution in [0.5, 0.6) is 11.5 Å². The molecule has 0 fully saturated rings. The molecule has 0 amide bonds. The lowest BCUT2D eigenvalue weighted by atomic mass is 10.1. The maximum Gasteiger partial charge on any atom is 0.128 e. The first-order valence-corrected chi connectivity index (χ1v) is 6.17. The van der Waals surface area contributed by atoms with Crippen LogP contribution in [0, 0.1) is 0 Å². The molecule has 0 saturated carbocycles. The van der Waals surface area contributed by atoms with E-state index >= 15 is 0 Å². The minimum Gasteiger partial charge on any atom is -0.497 e. The molecular weight excluding hydrogens is 216 g/mol. The van der Waals surface area contributed by atoms with Crippen molar-refractivity contribution in [3.05, 3.63) is 23.8 Å². The van der Waals surface area contributed by atoms with Gasteiger partial charge in [0.2, 0.25) is 0 Å². The minimum atomic E-state index is -0.526. The van der Waals surface area contributed by atoms with Gasteiger partial charge in [-0.25, -0.2) is 0 Å². The van der Waals surface area contributed by atoms with E-state index in [0.717, 1.165) is 29.9 Å². The second-order valence-electron chi connectivity index (χ2n) is 4.14. The number of rotatable bonds is 7. The molecule has 1 N–H and O–H groups in total. The highest BCUT2D eigenvalue weighted by atomic mass is 16.5. The van der Waals surface area contributed by atoms with Crippen molar-refractivity contribution in [3.8, 4) is 11.5 Å². The second-order valence-corrected chi connectivity index (χ2v) is 4.14. The third-order valence-corrected chi connectivity index (χ3v) is 2.68. The van der Waals surface area contributed by atoms with Gasteiger partial charge in [-0.1, -0.05) is 19.8 Å². The predicted octanol–water partition coefficient (Wildman–Crippen LogP) is 3.32. The Morgan fingerprint density at radius 2 is 2.06 bits per heavy atom. The molecule has 1 aromatic rings. The Kier molecular flexibility index (Phi) is 5.84. The Hall–Kier alpha value is -1.22. The molecule has 3 nitrogen and oxygen atoms in total. The van der Waals surface area contributed by atoms with Gasteiger partial charge in [0.05, 0.1) is 19.8 Å². The van der Waals surface area contributed by atoms with Crippen LogP contribution in [0.3, 0.4) is 0 Å². The van der Waals surface area contributed by atoms with Crippen LogP contribution in [0.4, 0.5) is 0 Å². The van der Waals surface area contributed by atoms with Crippen molar-refractivity contribution in [2.24, 2.45) is 0 Å². The smallest absolute Gasteiger partial charge is 0.128 e. The Balaban J connectivity index is 2.71. The predicted molar refractivity (Wildman–Crippen MR) is 68.6 cm³/mol. The van der Waals surface area contributed by atoms with Gasteiger partial charge in [-0.15, -0.1) is 0 Å². The summed E-state index contributed by atoms with van der Waals surface area (Å²) in [5, 5.41) is 9.65. The van der Waals surface area contributed by atoms with Crippen LogP contribution < -0.4 is 9.47 Å². The molecule has 0 bridgehead atoms. The Morgan fingerprint density at radius 1 is 1.29 bits per heavy atom. The van der Waals surface area contributed by atoms with E-state index in [2.05, 4.69) is 6.92 Å². The monoisotopic (exact) mass is 238 g/mol. The summed E-state index contributed by atoms with van der Waals surface area (Å²) in [6.07, 6.45) is 2.84. The number of hydrogen-bond donors (Lipinski definition) is 1. The Morgan fingerprint density at radius 3 is 2.65 bits per heavy atom. The summed E-state index contributed by atoms with van der Waals surface area (Å²) in [4.78, 5) is 0. The van der Waals surface area contributed by atoms with E-state index in [1.165, 1.54) is 6.42 Å². The van der Waals surface area contributed by atoms with Crippen molar-refractivity contribution in [2.75, 3.05) is 13.7 Å². The third-order valence-electron chi connectivity index (χ3n) is 2.68. The van der Waals surface area contributed by atoms with Crippen LogP contribution in [0.25, 0.3) is 0 Å². The molecule has 1 atom stereocenters. The lowest BCUT2D eigenvalue weighted by molar-refractivity contribution is 0.190. The number of benzene rings is 1. The van der Waals surface area contributed by atoms with Crippen molar-refractivity contribution in [3.63, 3.8) is 0 Å². The van der Waals surface area contributed by atoms with E-state index in [1.54, 1.807) is 14.0 Å². The molecule has 0 saturated heterocycles. The highest BCUT2D eigenvalue weighted by Gasteiger charge is 2.10. The summed E-state index contributed by atoms with van der Waals surface area (Å²) < 4.78 is 10.9. The Bertz CT molecular complexity index is 334. The summed E-state index contributed by atoms with van der Waals surface area (Å²) in [7, 11) is 1.62. The summed E-state index contributed by atoms with van der Waals surface area (Å²) >= 11 is 0. The quantitative estimate of drug-likeness (QED) is 0.741. The molecule has 96 valence electrons. The van der Waals surface area contributed by atoms with E-state index in [1.807, 2.05) is 18.2 Å². The maximum atomic E-state index is 9.65. The molecule has 0 radical (unpaired) electrons. The third kappa shape index (κ3) is 4.27. The van der Waals surface area contributed by atoms with E-state index in [0.29, 0.717) is 6.61 Å². The number of hydrogen-bond acceptors (Lipinski definition) is 3. The standard InChI is InChI=1S/C14H22O3/c1-4-5-6-9-17-14-10-12(16-3)7-8-13(14)11(2)15/h7-8,10-11,15H,4-6,9H2,1-3H3/t11-/m1/s1. The molecule has 17 heavy (non-hydrogen) atoms. The molecule has 3 heteroatoms. The topological polar surface area (TPSA) is 38.7 Å². The van der Waals surface area contributed by atoms with Crippen molar-refractivity contribution in [2.45, 2.75) is 39.2 Å². The molecular formula is C14H22O3. The lowest BCUT2D eigenvalue weighted by Gasteiger charge is -2.14. The number of aliphatic hydroxyl groups excluding tert-OH is 1. The molecule has 1 aromatic carbocycles. The average Bonchev–Trinajstić information content (AvgIpc) is 2.34. The zero-order chi connectivity index (χ0) is 12.7. The fraction of sp³-hybridized carbons (Fsp3) is 0.571. The van der Waals surface area contributed by atoms with Gasteiger partial charge >= 0.3 is 0 Å². The number of methoxy groups -OCH3 is 1. The zero-order valence-corrected chi connectivity index (χ0v) is 10.9. The van der Waals surface area contributed by atoms with Gasteiger partial charge in [0, 0.05) is 11.6 Å². The normalized spacial score (nSPS) is 12.2. The van der Waals surface area contributed by atoms with Gasteiger partial charge in [-0.3, -0.25) is 0 Å². The first-order valence-electron chi connectivity index (χ1n) is 6.17. The second kappa shape index (κ2) is 7.17. The molecule has 0 aliphatic rings. The van der Waals surface area contributed by atoms with Gasteiger partial charge in [-0.2, -0.15) is 0 Å². The molecule has 0 aliphatic heterocycles. The van der Waals surface area contributed by atoms with Crippen LogP contribution in [0.15, 0.2) is 18.2 Å². The van der Waals surface area contributed by atoms with Crippen molar-refractivity contribution < 1.29 is 14.6 Å². The van der Waals surface area contributed by atoms with Gasteiger partial charge in [-0.05, 0) is 25.5 Å². The molecule has 0 spiro atoms. The largest absolute Gasteiger partial charge is 0.497 e. The Labute approximate surface area is 103 Å². The van der Waals surface area contributed by atoms with E-state index in [-0.39, 0.29) is 0 Å². The van der Waals surface area contributed by atoms with Crippen LogP contribution in [0.2, 0.25) is 0 Å². The van der Waals surface area contributed by atoms with Gasteiger partial charge < -0.3 is 14.6 Å². The van der Waals surface area contributed by atoms with E-state index < -0.39 is 6.10 Å². The van der Waals surface area contributed by atoms with Crippen LogP contribution in [-0.4, -0.2) is 18.8 Å². The summed E-state index contributed by atoms with van der Waals surface area (Å²) in [5.41, 5.74) is 0.808. The van der Waals surface area contributed by atoms with Gasteiger partial charge in [0.15, 0.2) is 0 Å². The molecule has 0 heterocycles. The van der Waals surface area contributed by atoms with E-state index in [4.69, 9.17) is 9.47 Å². The van der Waals surface area contributed by atoms with Crippen LogP contribution in [0.1, 0.15) is 44.8 Å². The maximum absolute atomic E-state index is 9.65. The first-order chi connectivity index (χ1) is 8.19. The number of aliphatic hydroxyl groups is 1. The fourth-order valence-electron chi connectivity index (χ4n) is 1.65.